The molecule has 0 spiro atoms. The Morgan fingerprint density at radius 3 is 2.86 bits per heavy atom. The minimum Gasteiger partial charge on any atom is -0.494 e. The van der Waals surface area contributed by atoms with E-state index in [1.165, 1.54) is 0 Å². The number of anilines is 1. The van der Waals surface area contributed by atoms with Gasteiger partial charge in [0.1, 0.15) is 5.75 Å². The molecule has 1 aromatic heterocycles. The molecule has 0 aliphatic carbocycles. The van der Waals surface area contributed by atoms with E-state index >= 15 is 0 Å². The second-order valence-corrected chi connectivity index (χ2v) is 8.32. The molecule has 6 nitrogen and oxygen atoms in total. The van der Waals surface area contributed by atoms with E-state index in [4.69, 9.17) is 9.47 Å². The van der Waals surface area contributed by atoms with Crippen LogP contribution in [0.5, 0.6) is 11.6 Å². The molecule has 0 amide bonds. The molecule has 0 saturated carbocycles. The molecule has 0 bridgehead atoms. The van der Waals surface area contributed by atoms with Gasteiger partial charge in [-0.15, -0.1) is 10.2 Å². The van der Waals surface area contributed by atoms with Gasteiger partial charge in [-0.1, -0.05) is 52.8 Å². The lowest BCUT2D eigenvalue weighted by molar-refractivity contribution is 0.223. The Labute approximate surface area is 182 Å². The maximum Gasteiger partial charge on any atom is 0.247 e. The van der Waals surface area contributed by atoms with E-state index in [-0.39, 0.29) is 0 Å². The number of rotatable bonds is 6. The summed E-state index contributed by atoms with van der Waals surface area (Å²) in [5, 5.41) is 12.8. The van der Waals surface area contributed by atoms with Crippen LogP contribution in [0.15, 0.2) is 52.1 Å². The summed E-state index contributed by atoms with van der Waals surface area (Å²) in [4.78, 5) is 4.65. The first-order chi connectivity index (χ1) is 14.2. The van der Waals surface area contributed by atoms with Crippen LogP contribution in [0.25, 0.3) is 11.3 Å². The predicted molar refractivity (Wildman–Crippen MR) is 119 cm³/mol. The minimum absolute atomic E-state index is 0.465. The molecule has 1 N–H and O–H groups in total. The summed E-state index contributed by atoms with van der Waals surface area (Å²) < 4.78 is 12.9. The average molecular weight is 473 g/mol. The summed E-state index contributed by atoms with van der Waals surface area (Å²) in [6, 6.07) is 13.8. The smallest absolute Gasteiger partial charge is 0.247 e. The van der Waals surface area contributed by atoms with E-state index in [1.54, 1.807) is 11.8 Å². The number of thioether (sulfide) groups is 1. The largest absolute Gasteiger partial charge is 0.494 e. The highest BCUT2D eigenvalue weighted by Gasteiger charge is 2.27. The Kier molecular flexibility index (Phi) is 6.20. The fourth-order valence-corrected chi connectivity index (χ4v) is 4.11. The lowest BCUT2D eigenvalue weighted by Gasteiger charge is -2.21. The van der Waals surface area contributed by atoms with Crippen molar-refractivity contribution in [1.82, 2.24) is 15.2 Å². The fraction of sp³-hybridized carbons (Fsp3) is 0.286. The van der Waals surface area contributed by atoms with Gasteiger partial charge in [-0.05, 0) is 37.6 Å². The molecular weight excluding hydrogens is 452 g/mol. The molecule has 1 aliphatic heterocycles. The lowest BCUT2D eigenvalue weighted by atomic mass is 10.1. The molecule has 0 radical (unpaired) electrons. The Morgan fingerprint density at radius 2 is 2.03 bits per heavy atom. The topological polar surface area (TPSA) is 69.2 Å². The zero-order valence-corrected chi connectivity index (χ0v) is 18.6. The predicted octanol–water partition coefficient (Wildman–Crippen LogP) is 5.71. The van der Waals surface area contributed by atoms with Crippen LogP contribution in [0.1, 0.15) is 32.1 Å². The van der Waals surface area contributed by atoms with E-state index in [1.807, 2.05) is 49.4 Å². The molecule has 150 valence electrons. The molecule has 0 saturated heterocycles. The van der Waals surface area contributed by atoms with Crippen molar-refractivity contribution >= 4 is 33.4 Å². The zero-order chi connectivity index (χ0) is 20.2. The van der Waals surface area contributed by atoms with E-state index in [2.05, 4.69) is 43.4 Å². The third kappa shape index (κ3) is 4.33. The van der Waals surface area contributed by atoms with Gasteiger partial charge in [0.05, 0.1) is 6.61 Å². The van der Waals surface area contributed by atoms with Gasteiger partial charge in [-0.25, -0.2) is 0 Å². The van der Waals surface area contributed by atoms with Crippen LogP contribution < -0.4 is 14.8 Å². The molecular formula is C21H21BrN4O2S. The third-order valence-corrected chi connectivity index (χ3v) is 6.10. The number of hydrogen-bond donors (Lipinski definition) is 1. The van der Waals surface area contributed by atoms with E-state index in [0.717, 1.165) is 39.2 Å². The number of para-hydroxylation sites is 1. The highest BCUT2D eigenvalue weighted by atomic mass is 79.9. The number of nitrogens with one attached hydrogen (secondary N) is 1. The molecule has 4 rings (SSSR count). The summed E-state index contributed by atoms with van der Waals surface area (Å²) in [7, 11) is 0. The van der Waals surface area contributed by atoms with Crippen LogP contribution >= 0.6 is 27.7 Å². The Hall–Kier alpha value is -2.32. The lowest BCUT2D eigenvalue weighted by Crippen LogP contribution is -2.18. The highest BCUT2D eigenvalue weighted by Crippen LogP contribution is 2.41. The number of fused-ring (bicyclic) bond motifs is 3. The van der Waals surface area contributed by atoms with Crippen molar-refractivity contribution in [2.45, 2.75) is 31.7 Å². The van der Waals surface area contributed by atoms with Crippen molar-refractivity contribution < 1.29 is 9.47 Å². The number of halogens is 1. The molecule has 1 aliphatic rings. The van der Waals surface area contributed by atoms with Gasteiger partial charge < -0.3 is 14.8 Å². The van der Waals surface area contributed by atoms with Crippen LogP contribution in [-0.4, -0.2) is 27.5 Å². The third-order valence-electron chi connectivity index (χ3n) is 4.33. The second-order valence-electron chi connectivity index (χ2n) is 6.40. The van der Waals surface area contributed by atoms with Crippen molar-refractivity contribution in [2.75, 3.05) is 17.7 Å². The molecule has 3 aromatic rings. The quantitative estimate of drug-likeness (QED) is 0.460. The van der Waals surface area contributed by atoms with Crippen LogP contribution in [0.2, 0.25) is 0 Å². The molecule has 2 aromatic carbocycles. The van der Waals surface area contributed by atoms with Crippen molar-refractivity contribution in [2.24, 2.45) is 0 Å². The number of hydrogen-bond acceptors (Lipinski definition) is 7. The number of nitrogens with zero attached hydrogens (tertiary/aromatic N) is 3. The van der Waals surface area contributed by atoms with Crippen LogP contribution in [-0.2, 0) is 0 Å². The van der Waals surface area contributed by atoms with E-state index in [0.29, 0.717) is 23.3 Å². The molecule has 2 heterocycles. The first kappa shape index (κ1) is 20.0. The first-order valence-electron chi connectivity index (χ1n) is 9.52. The van der Waals surface area contributed by atoms with Crippen LogP contribution in [0.4, 0.5) is 5.69 Å². The molecule has 29 heavy (non-hydrogen) atoms. The van der Waals surface area contributed by atoms with Gasteiger partial charge in [0.15, 0.2) is 11.9 Å². The van der Waals surface area contributed by atoms with Crippen LogP contribution in [0, 0.1) is 0 Å². The average Bonchev–Trinajstić information content (AvgIpc) is 2.90. The van der Waals surface area contributed by atoms with Gasteiger partial charge in [-0.3, -0.25) is 0 Å². The maximum absolute atomic E-state index is 6.34. The van der Waals surface area contributed by atoms with Gasteiger partial charge in [0, 0.05) is 27.0 Å². The molecule has 0 fully saturated rings. The zero-order valence-electron chi connectivity index (χ0n) is 16.2. The fourth-order valence-electron chi connectivity index (χ4n) is 3.02. The summed E-state index contributed by atoms with van der Waals surface area (Å²) in [6.07, 6.45) is 0.573. The SMILES string of the molecule is CCCSc1nnc2c(n1)O[C@H](c1cc(OCC)ccc1Br)Nc1ccccc1-2. The Balaban J connectivity index is 1.79. The van der Waals surface area contributed by atoms with Gasteiger partial charge in [0.2, 0.25) is 11.0 Å². The van der Waals surface area contributed by atoms with Gasteiger partial charge >= 0.3 is 0 Å². The van der Waals surface area contributed by atoms with Crippen molar-refractivity contribution in [1.29, 1.82) is 0 Å². The van der Waals surface area contributed by atoms with Gasteiger partial charge in [0.25, 0.3) is 0 Å². The summed E-state index contributed by atoms with van der Waals surface area (Å²) >= 11 is 5.22. The maximum atomic E-state index is 6.34. The van der Waals surface area contributed by atoms with Crippen LogP contribution in [0.3, 0.4) is 0 Å². The molecule has 8 heteroatoms. The van der Waals surface area contributed by atoms with Crippen molar-refractivity contribution in [3.63, 3.8) is 0 Å². The number of aromatic nitrogens is 3. The first-order valence-corrected chi connectivity index (χ1v) is 11.3. The highest BCUT2D eigenvalue weighted by molar-refractivity contribution is 9.10. The number of ether oxygens (including phenoxy) is 2. The van der Waals surface area contributed by atoms with E-state index in [9.17, 15) is 0 Å². The van der Waals surface area contributed by atoms with Gasteiger partial charge in [-0.2, -0.15) is 4.98 Å². The number of benzene rings is 2. The standard InChI is InChI=1S/C21H21BrN4O2S/c1-3-11-29-21-24-20-18(25-26-21)14-7-5-6-8-17(14)23-19(28-20)15-12-13(27-4-2)9-10-16(15)22/h5-10,12,19,23H,3-4,11H2,1-2H3/t19-/m1/s1. The molecule has 0 unspecified atom stereocenters. The normalized spacial score (nSPS) is 14.8. The monoisotopic (exact) mass is 472 g/mol. The Morgan fingerprint density at radius 1 is 1.17 bits per heavy atom. The van der Waals surface area contributed by atoms with Crippen molar-refractivity contribution in [3.05, 3.63) is 52.5 Å². The van der Waals surface area contributed by atoms with E-state index < -0.39 is 6.23 Å². The second kappa shape index (κ2) is 9.00. The Bertz CT molecular complexity index is 1020. The molecule has 1 atom stereocenters. The minimum atomic E-state index is -0.465. The summed E-state index contributed by atoms with van der Waals surface area (Å²) in [5.74, 6) is 2.18. The summed E-state index contributed by atoms with van der Waals surface area (Å²) in [6.45, 7) is 4.69. The summed E-state index contributed by atoms with van der Waals surface area (Å²) in [5.41, 5.74) is 3.37. The van der Waals surface area contributed by atoms with Crippen molar-refractivity contribution in [3.8, 4) is 22.9 Å².